The van der Waals surface area contributed by atoms with Gasteiger partial charge in [0.05, 0.1) is 12.3 Å². The molecule has 1 amide bonds. The number of aryl methyl sites for hydroxylation is 1. The van der Waals surface area contributed by atoms with E-state index in [9.17, 15) is 4.79 Å². The van der Waals surface area contributed by atoms with Gasteiger partial charge < -0.3 is 10.1 Å². The normalized spacial score (nSPS) is 10.8. The molecule has 28 heavy (non-hydrogen) atoms. The maximum absolute atomic E-state index is 12.6. The van der Waals surface area contributed by atoms with Crippen molar-refractivity contribution in [1.29, 1.82) is 0 Å². The summed E-state index contributed by atoms with van der Waals surface area (Å²) in [6.07, 6.45) is 5.54. The number of carbonyl (C=O) groups is 1. The third kappa shape index (κ3) is 3.57. The maximum atomic E-state index is 12.6. The fourth-order valence-electron chi connectivity index (χ4n) is 2.95. The first kappa shape index (κ1) is 17.7. The van der Waals surface area contributed by atoms with Crippen LogP contribution in [0.25, 0.3) is 17.0 Å². The van der Waals surface area contributed by atoms with Crippen LogP contribution in [0.1, 0.15) is 22.8 Å². The van der Waals surface area contributed by atoms with E-state index in [1.165, 1.54) is 0 Å². The smallest absolute Gasteiger partial charge is 0.255 e. The van der Waals surface area contributed by atoms with Crippen molar-refractivity contribution in [3.05, 3.63) is 78.2 Å². The number of carbonyl (C=O) groups excluding carboxylic acids is 1. The van der Waals surface area contributed by atoms with Crippen LogP contribution >= 0.6 is 0 Å². The molecule has 2 aromatic heterocycles. The minimum atomic E-state index is -0.167. The van der Waals surface area contributed by atoms with Gasteiger partial charge in [0.1, 0.15) is 5.75 Å². The van der Waals surface area contributed by atoms with Gasteiger partial charge in [-0.1, -0.05) is 12.1 Å². The van der Waals surface area contributed by atoms with Crippen molar-refractivity contribution >= 4 is 17.4 Å². The van der Waals surface area contributed by atoms with Crippen LogP contribution in [0, 0.1) is 6.92 Å². The second kappa shape index (κ2) is 7.52. The predicted octanol–water partition coefficient (Wildman–Crippen LogP) is 4.36. The van der Waals surface area contributed by atoms with Gasteiger partial charge >= 0.3 is 0 Å². The lowest BCUT2D eigenvalue weighted by atomic mass is 10.1. The number of imidazole rings is 1. The zero-order valence-electron chi connectivity index (χ0n) is 15.7. The number of benzene rings is 2. The molecule has 0 radical (unpaired) electrons. The van der Waals surface area contributed by atoms with Crippen molar-refractivity contribution in [2.75, 3.05) is 11.9 Å². The molecule has 6 heteroatoms. The van der Waals surface area contributed by atoms with E-state index in [-0.39, 0.29) is 5.91 Å². The zero-order valence-corrected chi connectivity index (χ0v) is 15.7. The number of anilines is 1. The summed E-state index contributed by atoms with van der Waals surface area (Å²) < 4.78 is 7.29. The zero-order chi connectivity index (χ0) is 19.5. The first-order valence-corrected chi connectivity index (χ1v) is 9.09. The van der Waals surface area contributed by atoms with Crippen molar-refractivity contribution in [3.8, 4) is 17.0 Å². The van der Waals surface area contributed by atoms with E-state index >= 15 is 0 Å². The van der Waals surface area contributed by atoms with Crippen molar-refractivity contribution in [2.24, 2.45) is 0 Å². The monoisotopic (exact) mass is 372 g/mol. The standard InChI is InChI=1S/C22H20N4O2/c1-3-28-18-9-7-16(8-10-18)21(27)24-19-13-17(6-5-15(19)2)20-14-26-12-4-11-23-22(26)25-20/h4-14H,3H2,1-2H3,(H,24,27). The summed E-state index contributed by atoms with van der Waals surface area (Å²) in [6.45, 7) is 4.48. The molecule has 0 aliphatic heterocycles. The highest BCUT2D eigenvalue weighted by Crippen LogP contribution is 2.25. The van der Waals surface area contributed by atoms with E-state index in [1.54, 1.807) is 30.5 Å². The van der Waals surface area contributed by atoms with Crippen molar-refractivity contribution in [2.45, 2.75) is 13.8 Å². The molecular weight excluding hydrogens is 352 g/mol. The molecule has 0 saturated carbocycles. The van der Waals surface area contributed by atoms with Crippen LogP contribution in [0.2, 0.25) is 0 Å². The molecule has 0 aliphatic rings. The van der Waals surface area contributed by atoms with Gasteiger partial charge in [0.2, 0.25) is 5.78 Å². The van der Waals surface area contributed by atoms with E-state index in [2.05, 4.69) is 15.3 Å². The molecule has 2 aromatic carbocycles. The van der Waals surface area contributed by atoms with Gasteiger partial charge in [-0.05, 0) is 55.8 Å². The third-order valence-electron chi connectivity index (χ3n) is 4.44. The van der Waals surface area contributed by atoms with Crippen LogP contribution < -0.4 is 10.1 Å². The SMILES string of the molecule is CCOc1ccc(C(=O)Nc2cc(-c3cn4cccnc4n3)ccc2C)cc1. The van der Waals surface area contributed by atoms with Crippen LogP contribution in [0.3, 0.4) is 0 Å². The summed E-state index contributed by atoms with van der Waals surface area (Å²) in [6, 6.07) is 14.9. The van der Waals surface area contributed by atoms with E-state index in [1.807, 2.05) is 54.9 Å². The number of amides is 1. The first-order valence-electron chi connectivity index (χ1n) is 9.09. The van der Waals surface area contributed by atoms with Gasteiger partial charge in [0, 0.05) is 35.4 Å². The molecule has 0 fully saturated rings. The van der Waals surface area contributed by atoms with Crippen molar-refractivity contribution in [1.82, 2.24) is 14.4 Å². The molecule has 4 aromatic rings. The molecule has 0 bridgehead atoms. The highest BCUT2D eigenvalue weighted by atomic mass is 16.5. The van der Waals surface area contributed by atoms with Crippen LogP contribution in [-0.2, 0) is 0 Å². The first-order chi connectivity index (χ1) is 13.6. The van der Waals surface area contributed by atoms with Crippen LogP contribution in [0.5, 0.6) is 5.75 Å². The quantitative estimate of drug-likeness (QED) is 0.565. The predicted molar refractivity (Wildman–Crippen MR) is 109 cm³/mol. The second-order valence-corrected chi connectivity index (χ2v) is 6.39. The van der Waals surface area contributed by atoms with Crippen LogP contribution in [0.15, 0.2) is 67.1 Å². The number of nitrogens with zero attached hydrogens (tertiary/aromatic N) is 3. The van der Waals surface area contributed by atoms with Gasteiger partial charge in [-0.25, -0.2) is 9.97 Å². The number of nitrogens with one attached hydrogen (secondary N) is 1. The molecule has 0 spiro atoms. The Labute approximate surface area is 162 Å². The minimum absolute atomic E-state index is 0.167. The molecule has 0 aliphatic carbocycles. The summed E-state index contributed by atoms with van der Waals surface area (Å²) in [7, 11) is 0. The molecule has 2 heterocycles. The van der Waals surface area contributed by atoms with Crippen LogP contribution in [-0.4, -0.2) is 26.9 Å². The average Bonchev–Trinajstić information content (AvgIpc) is 3.14. The van der Waals surface area contributed by atoms with Crippen molar-refractivity contribution in [3.63, 3.8) is 0 Å². The van der Waals surface area contributed by atoms with E-state index in [0.717, 1.165) is 28.3 Å². The van der Waals surface area contributed by atoms with Gasteiger partial charge in [-0.2, -0.15) is 0 Å². The Morgan fingerprint density at radius 3 is 2.75 bits per heavy atom. The topological polar surface area (TPSA) is 68.5 Å². The lowest BCUT2D eigenvalue weighted by molar-refractivity contribution is 0.102. The third-order valence-corrected chi connectivity index (χ3v) is 4.44. The molecule has 4 rings (SSSR count). The van der Waals surface area contributed by atoms with E-state index < -0.39 is 0 Å². The summed E-state index contributed by atoms with van der Waals surface area (Å²) in [5.41, 5.74) is 4.02. The lowest BCUT2D eigenvalue weighted by Gasteiger charge is -2.10. The summed E-state index contributed by atoms with van der Waals surface area (Å²) >= 11 is 0. The van der Waals surface area contributed by atoms with Crippen molar-refractivity contribution < 1.29 is 9.53 Å². The number of hydrogen-bond acceptors (Lipinski definition) is 4. The average molecular weight is 372 g/mol. The number of ether oxygens (including phenoxy) is 1. The fraction of sp³-hybridized carbons (Fsp3) is 0.136. The number of aromatic nitrogens is 3. The molecular formula is C22H20N4O2. The van der Waals surface area contributed by atoms with Gasteiger partial charge in [0.25, 0.3) is 5.91 Å². The number of fused-ring (bicyclic) bond motifs is 1. The summed E-state index contributed by atoms with van der Waals surface area (Å²) in [4.78, 5) is 21.4. The Morgan fingerprint density at radius 1 is 1.18 bits per heavy atom. The highest BCUT2D eigenvalue weighted by Gasteiger charge is 2.11. The maximum Gasteiger partial charge on any atom is 0.255 e. The molecule has 0 unspecified atom stereocenters. The molecule has 1 N–H and O–H groups in total. The van der Waals surface area contributed by atoms with Gasteiger partial charge in [-0.3, -0.25) is 9.20 Å². The molecule has 6 nitrogen and oxygen atoms in total. The molecule has 140 valence electrons. The van der Waals surface area contributed by atoms with Gasteiger partial charge in [-0.15, -0.1) is 0 Å². The Morgan fingerprint density at radius 2 is 2.00 bits per heavy atom. The van der Waals surface area contributed by atoms with E-state index in [4.69, 9.17) is 4.74 Å². The number of hydrogen-bond donors (Lipinski definition) is 1. The second-order valence-electron chi connectivity index (χ2n) is 6.39. The molecule has 0 saturated heterocycles. The molecule has 0 atom stereocenters. The summed E-state index contributed by atoms with van der Waals surface area (Å²) in [5, 5.41) is 2.99. The van der Waals surface area contributed by atoms with Gasteiger partial charge in [0.15, 0.2) is 0 Å². The fourth-order valence-corrected chi connectivity index (χ4v) is 2.95. The number of rotatable bonds is 5. The minimum Gasteiger partial charge on any atom is -0.494 e. The highest BCUT2D eigenvalue weighted by molar-refractivity contribution is 6.05. The Hall–Kier alpha value is -3.67. The van der Waals surface area contributed by atoms with Crippen LogP contribution in [0.4, 0.5) is 5.69 Å². The Balaban J connectivity index is 1.59. The summed E-state index contributed by atoms with van der Waals surface area (Å²) in [5.74, 6) is 1.22. The lowest BCUT2D eigenvalue weighted by Crippen LogP contribution is -2.12. The Kier molecular flexibility index (Phi) is 4.76. The Bertz CT molecular complexity index is 1100. The largest absolute Gasteiger partial charge is 0.494 e. The van der Waals surface area contributed by atoms with E-state index in [0.29, 0.717) is 17.9 Å².